The molecule has 0 saturated heterocycles. The second-order valence-electron chi connectivity index (χ2n) is 5.46. The average Bonchev–Trinajstić information content (AvgIpc) is 2.40. The first-order chi connectivity index (χ1) is 9.81. The van der Waals surface area contributed by atoms with Crippen LogP contribution < -0.4 is 10.9 Å². The summed E-state index contributed by atoms with van der Waals surface area (Å²) >= 11 is 0. The second kappa shape index (κ2) is 5.56. The van der Waals surface area contributed by atoms with E-state index in [4.69, 9.17) is 0 Å². The lowest BCUT2D eigenvalue weighted by molar-refractivity contribution is 0.102. The Morgan fingerprint density at radius 2 is 1.67 bits per heavy atom. The van der Waals surface area contributed by atoms with Gasteiger partial charge < -0.3 is 9.88 Å². The Hall–Kier alpha value is -2.36. The summed E-state index contributed by atoms with van der Waals surface area (Å²) in [4.78, 5) is 24.7. The minimum absolute atomic E-state index is 0.196. The molecule has 0 aliphatic rings. The van der Waals surface area contributed by atoms with Gasteiger partial charge in [-0.1, -0.05) is 6.07 Å². The number of hydrogen-bond acceptors (Lipinski definition) is 2. The number of pyridine rings is 1. The van der Waals surface area contributed by atoms with Crippen LogP contribution in [0.5, 0.6) is 0 Å². The van der Waals surface area contributed by atoms with E-state index in [1.807, 2.05) is 45.0 Å². The number of aromatic nitrogens is 1. The molecule has 4 nitrogen and oxygen atoms in total. The summed E-state index contributed by atoms with van der Waals surface area (Å²) in [5, 5.41) is 2.80. The molecule has 0 radical (unpaired) electrons. The van der Waals surface area contributed by atoms with Gasteiger partial charge in [-0.15, -0.1) is 0 Å². The van der Waals surface area contributed by atoms with Crippen LogP contribution >= 0.6 is 0 Å². The van der Waals surface area contributed by atoms with Crippen LogP contribution in [-0.4, -0.2) is 10.5 Å². The fourth-order valence-electron chi connectivity index (χ4n) is 2.27. The predicted octanol–water partition coefficient (Wildman–Crippen LogP) is 2.87. The van der Waals surface area contributed by atoms with Gasteiger partial charge in [0.2, 0.25) is 0 Å². The van der Waals surface area contributed by atoms with Crippen molar-refractivity contribution < 1.29 is 4.79 Å². The van der Waals surface area contributed by atoms with Gasteiger partial charge in [0.05, 0.1) is 0 Å². The summed E-state index contributed by atoms with van der Waals surface area (Å²) in [6, 6.07) is 7.54. The number of anilines is 1. The average molecular weight is 284 g/mol. The number of carbonyl (C=O) groups excluding carboxylic acids is 1. The maximum absolute atomic E-state index is 12.4. The topological polar surface area (TPSA) is 51.1 Å². The highest BCUT2D eigenvalue weighted by Gasteiger charge is 2.16. The largest absolute Gasteiger partial charge is 0.322 e. The van der Waals surface area contributed by atoms with Crippen molar-refractivity contribution in [3.05, 3.63) is 62.6 Å². The van der Waals surface area contributed by atoms with Crippen LogP contribution in [0.2, 0.25) is 0 Å². The van der Waals surface area contributed by atoms with E-state index in [0.717, 1.165) is 16.8 Å². The van der Waals surface area contributed by atoms with Crippen LogP contribution in [0, 0.1) is 27.7 Å². The molecule has 0 spiro atoms. The fraction of sp³-hybridized carbons (Fsp3) is 0.294. The summed E-state index contributed by atoms with van der Waals surface area (Å²) in [5.41, 5.74) is 4.41. The first-order valence-corrected chi connectivity index (χ1v) is 6.87. The number of nitrogens with one attached hydrogen (secondary N) is 1. The molecule has 110 valence electrons. The third-order valence-electron chi connectivity index (χ3n) is 3.86. The standard InChI is InChI=1S/C17H20N2O2/c1-10-6-7-14(9-11(10)2)18-16(20)15-12(3)8-13(4)19(5)17(15)21/h6-9H,1-5H3,(H,18,20). The van der Waals surface area contributed by atoms with E-state index in [0.29, 0.717) is 11.3 Å². The molecule has 0 aliphatic carbocycles. The molecular weight excluding hydrogens is 264 g/mol. The summed E-state index contributed by atoms with van der Waals surface area (Å²) in [5.74, 6) is -0.364. The lowest BCUT2D eigenvalue weighted by Crippen LogP contribution is -2.30. The molecule has 21 heavy (non-hydrogen) atoms. The van der Waals surface area contributed by atoms with Gasteiger partial charge >= 0.3 is 0 Å². The highest BCUT2D eigenvalue weighted by atomic mass is 16.2. The summed E-state index contributed by atoms with van der Waals surface area (Å²) in [6.45, 7) is 7.63. The molecule has 0 unspecified atom stereocenters. The Bertz CT molecular complexity index is 773. The van der Waals surface area contributed by atoms with E-state index >= 15 is 0 Å². The molecule has 1 N–H and O–H groups in total. The van der Waals surface area contributed by atoms with Crippen molar-refractivity contribution in [3.8, 4) is 0 Å². The number of hydrogen-bond donors (Lipinski definition) is 1. The van der Waals surface area contributed by atoms with Gasteiger partial charge in [0.15, 0.2) is 0 Å². The number of nitrogens with zero attached hydrogens (tertiary/aromatic N) is 1. The molecule has 0 aliphatic heterocycles. The van der Waals surface area contributed by atoms with Crippen molar-refractivity contribution in [2.75, 3.05) is 5.32 Å². The van der Waals surface area contributed by atoms with Gasteiger partial charge in [-0.05, 0) is 62.6 Å². The van der Waals surface area contributed by atoms with E-state index in [1.165, 1.54) is 4.57 Å². The first kappa shape index (κ1) is 15.0. The minimum Gasteiger partial charge on any atom is -0.322 e. The van der Waals surface area contributed by atoms with Gasteiger partial charge in [-0.3, -0.25) is 9.59 Å². The Labute approximate surface area is 124 Å². The summed E-state index contributed by atoms with van der Waals surface area (Å²) in [7, 11) is 1.67. The SMILES string of the molecule is Cc1ccc(NC(=O)c2c(C)cc(C)n(C)c2=O)cc1C. The van der Waals surface area contributed by atoms with E-state index in [1.54, 1.807) is 14.0 Å². The Morgan fingerprint density at radius 1 is 1.00 bits per heavy atom. The molecular formula is C17H20N2O2. The summed E-state index contributed by atoms with van der Waals surface area (Å²) in [6.07, 6.45) is 0. The Kier molecular flexibility index (Phi) is 3.98. The number of rotatable bonds is 2. The van der Waals surface area contributed by atoms with E-state index < -0.39 is 0 Å². The predicted molar refractivity (Wildman–Crippen MR) is 85.0 cm³/mol. The van der Waals surface area contributed by atoms with Gasteiger partial charge in [0.25, 0.3) is 11.5 Å². The van der Waals surface area contributed by atoms with Crippen LogP contribution in [0.15, 0.2) is 29.1 Å². The lowest BCUT2D eigenvalue weighted by Gasteiger charge is -2.12. The summed E-state index contributed by atoms with van der Waals surface area (Å²) < 4.78 is 1.49. The third-order valence-corrected chi connectivity index (χ3v) is 3.86. The van der Waals surface area contributed by atoms with Crippen LogP contribution in [0.4, 0.5) is 5.69 Å². The highest BCUT2D eigenvalue weighted by Crippen LogP contribution is 2.15. The molecule has 0 atom stereocenters. The van der Waals surface area contributed by atoms with Crippen molar-refractivity contribution in [3.63, 3.8) is 0 Å². The van der Waals surface area contributed by atoms with Crippen LogP contribution in [0.25, 0.3) is 0 Å². The zero-order valence-electron chi connectivity index (χ0n) is 13.1. The molecule has 4 heteroatoms. The van der Waals surface area contributed by atoms with E-state index in [9.17, 15) is 9.59 Å². The van der Waals surface area contributed by atoms with Gasteiger partial charge in [0, 0.05) is 18.4 Å². The van der Waals surface area contributed by atoms with Gasteiger partial charge in [-0.25, -0.2) is 0 Å². The van der Waals surface area contributed by atoms with Gasteiger partial charge in [0.1, 0.15) is 5.56 Å². The minimum atomic E-state index is -0.364. The lowest BCUT2D eigenvalue weighted by atomic mass is 10.1. The zero-order valence-corrected chi connectivity index (χ0v) is 13.1. The third kappa shape index (κ3) is 2.89. The maximum Gasteiger partial charge on any atom is 0.263 e. The fourth-order valence-corrected chi connectivity index (χ4v) is 2.27. The van der Waals surface area contributed by atoms with Gasteiger partial charge in [-0.2, -0.15) is 0 Å². The van der Waals surface area contributed by atoms with E-state index in [-0.39, 0.29) is 17.0 Å². The molecule has 0 fully saturated rings. The van der Waals surface area contributed by atoms with Crippen LogP contribution in [0.3, 0.4) is 0 Å². The zero-order chi connectivity index (χ0) is 15.7. The van der Waals surface area contributed by atoms with Crippen molar-refractivity contribution in [2.45, 2.75) is 27.7 Å². The molecule has 1 aromatic carbocycles. The maximum atomic E-state index is 12.4. The first-order valence-electron chi connectivity index (χ1n) is 6.87. The van der Waals surface area contributed by atoms with Crippen molar-refractivity contribution in [1.82, 2.24) is 4.57 Å². The molecule has 2 aromatic rings. The van der Waals surface area contributed by atoms with Crippen molar-refractivity contribution >= 4 is 11.6 Å². The van der Waals surface area contributed by atoms with E-state index in [2.05, 4.69) is 5.32 Å². The molecule has 0 bridgehead atoms. The quantitative estimate of drug-likeness (QED) is 0.922. The molecule has 0 saturated carbocycles. The highest BCUT2D eigenvalue weighted by molar-refractivity contribution is 6.05. The molecule has 2 rings (SSSR count). The van der Waals surface area contributed by atoms with Crippen molar-refractivity contribution in [2.24, 2.45) is 7.05 Å². The number of aryl methyl sites for hydroxylation is 4. The number of benzene rings is 1. The monoisotopic (exact) mass is 284 g/mol. The normalized spacial score (nSPS) is 10.5. The number of amides is 1. The van der Waals surface area contributed by atoms with Crippen molar-refractivity contribution in [1.29, 1.82) is 0 Å². The van der Waals surface area contributed by atoms with Crippen LogP contribution in [-0.2, 0) is 7.05 Å². The molecule has 1 amide bonds. The molecule has 1 heterocycles. The molecule has 1 aromatic heterocycles. The number of carbonyl (C=O) groups is 1. The Balaban J connectivity index is 2.39. The smallest absolute Gasteiger partial charge is 0.263 e. The Morgan fingerprint density at radius 3 is 2.29 bits per heavy atom. The second-order valence-corrected chi connectivity index (χ2v) is 5.46. The van der Waals surface area contributed by atoms with Crippen LogP contribution in [0.1, 0.15) is 32.7 Å².